The summed E-state index contributed by atoms with van der Waals surface area (Å²) in [6, 6.07) is 3.86. The van der Waals surface area contributed by atoms with Gasteiger partial charge in [-0.25, -0.2) is 0 Å². The number of rotatable bonds is 4. The van der Waals surface area contributed by atoms with Crippen LogP contribution in [0, 0.1) is 0 Å². The summed E-state index contributed by atoms with van der Waals surface area (Å²) in [6.45, 7) is 3.05. The van der Waals surface area contributed by atoms with Gasteiger partial charge in [-0.1, -0.05) is 12.5 Å². The molecule has 0 spiro atoms. The van der Waals surface area contributed by atoms with Gasteiger partial charge in [0.25, 0.3) is 0 Å². The van der Waals surface area contributed by atoms with Gasteiger partial charge in [0.05, 0.1) is 0 Å². The van der Waals surface area contributed by atoms with Gasteiger partial charge in [0.1, 0.15) is 5.76 Å². The van der Waals surface area contributed by atoms with E-state index >= 15 is 0 Å². The normalized spacial score (nSPS) is 12.1. The van der Waals surface area contributed by atoms with E-state index in [0.29, 0.717) is 0 Å². The fourth-order valence-electron chi connectivity index (χ4n) is 1.11. The molecule has 0 aliphatic heterocycles. The van der Waals surface area contributed by atoms with E-state index in [9.17, 15) is 0 Å². The highest BCUT2D eigenvalue weighted by Gasteiger charge is 1.97. The number of furan rings is 1. The Balaban J connectivity index is 2.72. The van der Waals surface area contributed by atoms with Crippen LogP contribution in [-0.4, -0.2) is 13.6 Å². The molecule has 0 aliphatic carbocycles. The van der Waals surface area contributed by atoms with Crippen molar-refractivity contribution in [3.63, 3.8) is 0 Å². The lowest BCUT2D eigenvalue weighted by Crippen LogP contribution is -2.09. The predicted octanol–water partition coefficient (Wildman–Crippen LogP) is 3.05. The van der Waals surface area contributed by atoms with Gasteiger partial charge in [0, 0.05) is 6.54 Å². The van der Waals surface area contributed by atoms with Crippen molar-refractivity contribution >= 4 is 22.0 Å². The van der Waals surface area contributed by atoms with E-state index in [1.165, 1.54) is 5.57 Å². The van der Waals surface area contributed by atoms with E-state index < -0.39 is 0 Å². The first-order chi connectivity index (χ1) is 6.26. The third-order valence-corrected chi connectivity index (χ3v) is 2.22. The van der Waals surface area contributed by atoms with Crippen molar-refractivity contribution in [2.24, 2.45) is 0 Å². The van der Waals surface area contributed by atoms with Crippen LogP contribution in [-0.2, 0) is 0 Å². The fourth-order valence-corrected chi connectivity index (χ4v) is 1.43. The standard InChI is InChI=1S/C10H14BrNO/c1-3-8(7-12-2)6-9-4-5-10(11)13-9/h4-6,12H,3,7H2,1-2H3. The molecule has 0 saturated heterocycles. The summed E-state index contributed by atoms with van der Waals surface area (Å²) in [5.41, 5.74) is 1.34. The van der Waals surface area contributed by atoms with Gasteiger partial charge in [-0.05, 0) is 47.6 Å². The third kappa shape index (κ3) is 3.36. The molecule has 1 heterocycles. The first-order valence-corrected chi connectivity index (χ1v) is 5.15. The molecular weight excluding hydrogens is 230 g/mol. The highest BCUT2D eigenvalue weighted by molar-refractivity contribution is 9.10. The Morgan fingerprint density at radius 1 is 1.62 bits per heavy atom. The van der Waals surface area contributed by atoms with Crippen molar-refractivity contribution in [2.45, 2.75) is 13.3 Å². The maximum atomic E-state index is 5.37. The first-order valence-electron chi connectivity index (χ1n) is 4.35. The lowest BCUT2D eigenvalue weighted by molar-refractivity contribution is 0.531. The van der Waals surface area contributed by atoms with Gasteiger partial charge in [-0.3, -0.25) is 0 Å². The van der Waals surface area contributed by atoms with Crippen LogP contribution >= 0.6 is 15.9 Å². The molecule has 1 aromatic rings. The summed E-state index contributed by atoms with van der Waals surface area (Å²) in [7, 11) is 1.95. The van der Waals surface area contributed by atoms with E-state index in [1.807, 2.05) is 19.2 Å². The quantitative estimate of drug-likeness (QED) is 0.880. The molecule has 2 nitrogen and oxygen atoms in total. The van der Waals surface area contributed by atoms with Crippen LogP contribution in [0.1, 0.15) is 19.1 Å². The molecule has 1 rings (SSSR count). The van der Waals surface area contributed by atoms with Crippen LogP contribution in [0.15, 0.2) is 26.8 Å². The van der Waals surface area contributed by atoms with Crippen LogP contribution in [0.3, 0.4) is 0 Å². The second-order valence-corrected chi connectivity index (χ2v) is 3.61. The lowest BCUT2D eigenvalue weighted by atomic mass is 10.2. The molecule has 0 aromatic carbocycles. The van der Waals surface area contributed by atoms with Crippen molar-refractivity contribution in [2.75, 3.05) is 13.6 Å². The zero-order valence-electron chi connectivity index (χ0n) is 7.93. The van der Waals surface area contributed by atoms with E-state index in [-0.39, 0.29) is 0 Å². The van der Waals surface area contributed by atoms with Crippen LogP contribution in [0.25, 0.3) is 6.08 Å². The molecule has 0 atom stereocenters. The molecule has 72 valence electrons. The summed E-state index contributed by atoms with van der Waals surface area (Å²) in [5.74, 6) is 0.902. The van der Waals surface area contributed by atoms with Crippen molar-refractivity contribution in [3.05, 3.63) is 28.1 Å². The van der Waals surface area contributed by atoms with Gasteiger partial charge >= 0.3 is 0 Å². The minimum atomic E-state index is 0.777. The zero-order chi connectivity index (χ0) is 9.68. The Morgan fingerprint density at radius 3 is 2.85 bits per heavy atom. The Hall–Kier alpha value is -0.540. The lowest BCUT2D eigenvalue weighted by Gasteiger charge is -2.01. The minimum absolute atomic E-state index is 0.777. The fraction of sp³-hybridized carbons (Fsp3) is 0.400. The first kappa shape index (κ1) is 10.5. The summed E-state index contributed by atoms with van der Waals surface area (Å²) < 4.78 is 6.15. The Kier molecular flexibility index (Phi) is 4.25. The smallest absolute Gasteiger partial charge is 0.169 e. The molecule has 3 heteroatoms. The molecular formula is C10H14BrNO. The number of halogens is 1. The topological polar surface area (TPSA) is 25.2 Å². The average Bonchev–Trinajstić information content (AvgIpc) is 2.50. The van der Waals surface area contributed by atoms with E-state index in [2.05, 4.69) is 34.2 Å². The summed E-state index contributed by atoms with van der Waals surface area (Å²) in [4.78, 5) is 0. The van der Waals surface area contributed by atoms with E-state index in [1.54, 1.807) is 0 Å². The predicted molar refractivity (Wildman–Crippen MR) is 58.6 cm³/mol. The monoisotopic (exact) mass is 243 g/mol. The van der Waals surface area contributed by atoms with Gasteiger partial charge in [-0.15, -0.1) is 0 Å². The molecule has 0 saturated carbocycles. The molecule has 0 aliphatic rings. The molecule has 0 bridgehead atoms. The summed E-state index contributed by atoms with van der Waals surface area (Å²) in [5, 5.41) is 3.12. The second-order valence-electron chi connectivity index (χ2n) is 2.83. The molecule has 0 amide bonds. The van der Waals surface area contributed by atoms with Crippen LogP contribution < -0.4 is 5.32 Å². The van der Waals surface area contributed by atoms with Gasteiger partial charge in [0.2, 0.25) is 0 Å². The molecule has 0 unspecified atom stereocenters. The number of hydrogen-bond acceptors (Lipinski definition) is 2. The second kappa shape index (κ2) is 5.25. The van der Waals surface area contributed by atoms with E-state index in [4.69, 9.17) is 4.42 Å². The van der Waals surface area contributed by atoms with Crippen molar-refractivity contribution < 1.29 is 4.42 Å². The van der Waals surface area contributed by atoms with Crippen LogP contribution in [0.4, 0.5) is 0 Å². The van der Waals surface area contributed by atoms with Crippen molar-refractivity contribution in [1.29, 1.82) is 0 Å². The van der Waals surface area contributed by atoms with Gasteiger partial charge in [-0.2, -0.15) is 0 Å². The number of hydrogen-bond donors (Lipinski definition) is 1. The van der Waals surface area contributed by atoms with Crippen LogP contribution in [0.5, 0.6) is 0 Å². The maximum Gasteiger partial charge on any atom is 0.169 e. The third-order valence-electron chi connectivity index (χ3n) is 1.80. The van der Waals surface area contributed by atoms with Crippen LogP contribution in [0.2, 0.25) is 0 Å². The maximum absolute atomic E-state index is 5.37. The Morgan fingerprint density at radius 2 is 2.38 bits per heavy atom. The van der Waals surface area contributed by atoms with E-state index in [0.717, 1.165) is 23.4 Å². The van der Waals surface area contributed by atoms with Gasteiger partial charge < -0.3 is 9.73 Å². The largest absolute Gasteiger partial charge is 0.450 e. The minimum Gasteiger partial charge on any atom is -0.450 e. The molecule has 0 fully saturated rings. The summed E-state index contributed by atoms with van der Waals surface area (Å²) in [6.07, 6.45) is 3.11. The van der Waals surface area contributed by atoms with Gasteiger partial charge in [0.15, 0.2) is 4.67 Å². The van der Waals surface area contributed by atoms with Crippen molar-refractivity contribution in [1.82, 2.24) is 5.32 Å². The average molecular weight is 244 g/mol. The van der Waals surface area contributed by atoms with Crippen molar-refractivity contribution in [3.8, 4) is 0 Å². The highest BCUT2D eigenvalue weighted by Crippen LogP contribution is 2.17. The number of nitrogens with one attached hydrogen (secondary N) is 1. The Bertz CT molecular complexity index is 291. The number of likely N-dealkylation sites (N-methyl/N-ethyl adjacent to an activating group) is 1. The SMILES string of the molecule is CCC(=Cc1ccc(Br)o1)CNC. The Labute approximate surface area is 87.1 Å². The summed E-state index contributed by atoms with van der Waals surface area (Å²) >= 11 is 3.27. The molecule has 1 aromatic heterocycles. The molecule has 0 radical (unpaired) electrons. The highest BCUT2D eigenvalue weighted by atomic mass is 79.9. The molecule has 1 N–H and O–H groups in total. The zero-order valence-corrected chi connectivity index (χ0v) is 9.52. The molecule has 13 heavy (non-hydrogen) atoms.